The van der Waals surface area contributed by atoms with E-state index in [9.17, 15) is 9.59 Å². The fourth-order valence-corrected chi connectivity index (χ4v) is 2.10. The normalized spacial score (nSPS) is 21.9. The molecule has 0 bridgehead atoms. The zero-order valence-corrected chi connectivity index (χ0v) is 10.8. The number of rotatable bonds is 4. The highest BCUT2D eigenvalue weighted by Crippen LogP contribution is 2.24. The third-order valence-electron chi connectivity index (χ3n) is 3.18. The molecule has 0 saturated carbocycles. The van der Waals surface area contributed by atoms with Crippen molar-refractivity contribution < 1.29 is 9.59 Å². The summed E-state index contributed by atoms with van der Waals surface area (Å²) in [7, 11) is 1.54. The maximum Gasteiger partial charge on any atom is 0.239 e. The number of hydrogen-bond acceptors (Lipinski definition) is 4. The van der Waals surface area contributed by atoms with Gasteiger partial charge in [-0.2, -0.15) is 0 Å². The number of likely N-dealkylation sites (N-methyl/N-ethyl adjacent to an activating group) is 1. The molecule has 1 aliphatic heterocycles. The van der Waals surface area contributed by atoms with E-state index in [0.717, 1.165) is 5.56 Å². The summed E-state index contributed by atoms with van der Waals surface area (Å²) in [5, 5.41) is 5.11. The molecule has 4 N–H and O–H groups in total. The minimum atomic E-state index is -0.230. The minimum Gasteiger partial charge on any atom is -0.358 e. The zero-order chi connectivity index (χ0) is 13.7. The molecule has 6 nitrogen and oxygen atoms in total. The Balaban J connectivity index is 1.99. The largest absolute Gasteiger partial charge is 0.358 e. The van der Waals surface area contributed by atoms with Gasteiger partial charge in [0, 0.05) is 13.6 Å². The van der Waals surface area contributed by atoms with E-state index < -0.39 is 0 Å². The molecule has 2 amide bonds. The van der Waals surface area contributed by atoms with Gasteiger partial charge in [0.15, 0.2) is 0 Å². The van der Waals surface area contributed by atoms with Crippen LogP contribution in [0.25, 0.3) is 0 Å². The van der Waals surface area contributed by atoms with Crippen molar-refractivity contribution in [2.24, 2.45) is 5.92 Å². The topological polar surface area (TPSA) is 82.3 Å². The summed E-state index contributed by atoms with van der Waals surface area (Å²) in [6, 6.07) is 9.69. The van der Waals surface area contributed by atoms with Crippen LogP contribution in [0.3, 0.4) is 0 Å². The molecule has 0 spiro atoms. The van der Waals surface area contributed by atoms with Crippen LogP contribution < -0.4 is 21.5 Å². The highest BCUT2D eigenvalue weighted by Gasteiger charge is 2.33. The molecule has 1 aromatic carbocycles. The summed E-state index contributed by atoms with van der Waals surface area (Å²) >= 11 is 0. The lowest BCUT2D eigenvalue weighted by Crippen LogP contribution is -2.40. The number of amides is 2. The van der Waals surface area contributed by atoms with Crippen LogP contribution >= 0.6 is 0 Å². The minimum absolute atomic E-state index is 0.00728. The van der Waals surface area contributed by atoms with Gasteiger partial charge in [0.1, 0.15) is 0 Å². The van der Waals surface area contributed by atoms with E-state index in [1.165, 1.54) is 0 Å². The van der Waals surface area contributed by atoms with Gasteiger partial charge in [0.05, 0.1) is 18.5 Å². The molecule has 0 radical (unpaired) electrons. The Hall–Kier alpha value is -1.92. The Bertz CT molecular complexity index is 449. The Morgan fingerprint density at radius 1 is 1.32 bits per heavy atom. The molecule has 2 atom stereocenters. The second-order valence-corrected chi connectivity index (χ2v) is 4.41. The lowest BCUT2D eigenvalue weighted by Gasteiger charge is -2.18. The molecule has 6 heteroatoms. The van der Waals surface area contributed by atoms with Crippen molar-refractivity contribution in [3.63, 3.8) is 0 Å². The lowest BCUT2D eigenvalue weighted by atomic mass is 9.94. The highest BCUT2D eigenvalue weighted by atomic mass is 16.2. The van der Waals surface area contributed by atoms with Gasteiger partial charge < -0.3 is 10.6 Å². The van der Waals surface area contributed by atoms with Gasteiger partial charge in [-0.1, -0.05) is 30.3 Å². The van der Waals surface area contributed by atoms with Crippen LogP contribution in [0, 0.1) is 5.92 Å². The van der Waals surface area contributed by atoms with Crippen molar-refractivity contribution in [2.45, 2.75) is 6.04 Å². The molecular weight excluding hydrogens is 244 g/mol. The maximum atomic E-state index is 12.1. The Morgan fingerprint density at radius 3 is 2.74 bits per heavy atom. The van der Waals surface area contributed by atoms with Crippen molar-refractivity contribution in [3.8, 4) is 0 Å². The Morgan fingerprint density at radius 2 is 2.05 bits per heavy atom. The quantitative estimate of drug-likeness (QED) is 0.579. The summed E-state index contributed by atoms with van der Waals surface area (Å²) in [4.78, 5) is 23.2. The van der Waals surface area contributed by atoms with Gasteiger partial charge in [0.2, 0.25) is 11.8 Å². The van der Waals surface area contributed by atoms with Crippen molar-refractivity contribution in [2.75, 3.05) is 20.1 Å². The molecule has 1 heterocycles. The summed E-state index contributed by atoms with van der Waals surface area (Å²) in [5.41, 5.74) is 7.13. The summed E-state index contributed by atoms with van der Waals surface area (Å²) in [5.74, 6) is -0.564. The molecule has 19 heavy (non-hydrogen) atoms. The standard InChI is InChI=1S/C13H18N4O2/c1-14-11(18)8-15-13(19)10-7-16-17-12(10)9-5-3-2-4-6-9/h2-6,10,12,16-17H,7-8H2,1H3,(H,14,18)(H,15,19). The summed E-state index contributed by atoms with van der Waals surface area (Å²) in [6.45, 7) is 0.548. The molecular formula is C13H18N4O2. The zero-order valence-electron chi connectivity index (χ0n) is 10.8. The first-order chi connectivity index (χ1) is 9.22. The van der Waals surface area contributed by atoms with Crippen molar-refractivity contribution in [1.29, 1.82) is 0 Å². The van der Waals surface area contributed by atoms with Crippen LogP contribution in [0.1, 0.15) is 11.6 Å². The SMILES string of the molecule is CNC(=O)CNC(=O)C1CNNC1c1ccccc1. The monoisotopic (exact) mass is 262 g/mol. The Labute approximate surface area is 111 Å². The molecule has 1 fully saturated rings. The lowest BCUT2D eigenvalue weighted by molar-refractivity contribution is -0.128. The van der Waals surface area contributed by atoms with Gasteiger partial charge in [-0.25, -0.2) is 5.43 Å². The number of carbonyl (C=O) groups excluding carboxylic acids is 2. The smallest absolute Gasteiger partial charge is 0.239 e. The molecule has 2 unspecified atom stereocenters. The number of carbonyl (C=O) groups is 2. The number of benzene rings is 1. The van der Waals surface area contributed by atoms with Crippen LogP contribution in [0.5, 0.6) is 0 Å². The van der Waals surface area contributed by atoms with E-state index in [4.69, 9.17) is 0 Å². The van der Waals surface area contributed by atoms with Crippen LogP contribution in [-0.2, 0) is 9.59 Å². The predicted octanol–water partition coefficient (Wildman–Crippen LogP) is -0.686. The molecule has 0 aliphatic carbocycles. The fraction of sp³-hybridized carbons (Fsp3) is 0.385. The van der Waals surface area contributed by atoms with Gasteiger partial charge >= 0.3 is 0 Å². The molecule has 2 rings (SSSR count). The third kappa shape index (κ3) is 3.30. The van der Waals surface area contributed by atoms with E-state index in [1.807, 2.05) is 30.3 Å². The van der Waals surface area contributed by atoms with E-state index in [2.05, 4.69) is 21.5 Å². The predicted molar refractivity (Wildman–Crippen MR) is 70.9 cm³/mol. The average molecular weight is 262 g/mol. The fourth-order valence-electron chi connectivity index (χ4n) is 2.10. The average Bonchev–Trinajstić information content (AvgIpc) is 2.94. The summed E-state index contributed by atoms with van der Waals surface area (Å²) in [6.07, 6.45) is 0. The van der Waals surface area contributed by atoms with E-state index >= 15 is 0 Å². The first kappa shape index (κ1) is 13.5. The Kier molecular flexibility index (Phi) is 4.48. The van der Waals surface area contributed by atoms with Gasteiger partial charge in [-0.15, -0.1) is 0 Å². The van der Waals surface area contributed by atoms with Crippen LogP contribution in [0.15, 0.2) is 30.3 Å². The van der Waals surface area contributed by atoms with Crippen LogP contribution in [0.2, 0.25) is 0 Å². The molecule has 1 saturated heterocycles. The third-order valence-corrected chi connectivity index (χ3v) is 3.18. The number of hydrogen-bond donors (Lipinski definition) is 4. The van der Waals surface area contributed by atoms with Crippen LogP contribution in [0.4, 0.5) is 0 Å². The van der Waals surface area contributed by atoms with Gasteiger partial charge in [0.25, 0.3) is 0 Å². The van der Waals surface area contributed by atoms with Crippen LogP contribution in [-0.4, -0.2) is 32.0 Å². The highest BCUT2D eigenvalue weighted by molar-refractivity contribution is 5.86. The van der Waals surface area contributed by atoms with Gasteiger partial charge in [-0.3, -0.25) is 15.0 Å². The number of nitrogens with one attached hydrogen (secondary N) is 4. The molecule has 1 aromatic rings. The summed E-state index contributed by atoms with van der Waals surface area (Å²) < 4.78 is 0. The second kappa shape index (κ2) is 6.31. The molecule has 0 aromatic heterocycles. The van der Waals surface area contributed by atoms with Crippen molar-refractivity contribution in [1.82, 2.24) is 21.5 Å². The molecule has 102 valence electrons. The van der Waals surface area contributed by atoms with Crippen molar-refractivity contribution >= 4 is 11.8 Å². The van der Waals surface area contributed by atoms with Crippen molar-refractivity contribution in [3.05, 3.63) is 35.9 Å². The van der Waals surface area contributed by atoms with E-state index in [-0.39, 0.29) is 30.3 Å². The number of hydrazine groups is 1. The maximum absolute atomic E-state index is 12.1. The first-order valence-electron chi connectivity index (χ1n) is 6.24. The van der Waals surface area contributed by atoms with E-state index in [0.29, 0.717) is 6.54 Å². The first-order valence-corrected chi connectivity index (χ1v) is 6.24. The molecule has 1 aliphatic rings. The van der Waals surface area contributed by atoms with E-state index in [1.54, 1.807) is 7.05 Å². The second-order valence-electron chi connectivity index (χ2n) is 4.41. The van der Waals surface area contributed by atoms with Gasteiger partial charge in [-0.05, 0) is 5.56 Å².